The van der Waals surface area contributed by atoms with Crippen LogP contribution in [0.5, 0.6) is 5.75 Å². The van der Waals surface area contributed by atoms with E-state index < -0.39 is 12.0 Å². The minimum Gasteiger partial charge on any atom is -0.495 e. The molecule has 1 aliphatic heterocycles. The number of likely N-dealkylation sites (tertiary alicyclic amines) is 1. The first kappa shape index (κ1) is 22.1. The van der Waals surface area contributed by atoms with Crippen molar-refractivity contribution in [1.29, 1.82) is 0 Å². The molecule has 9 heteroatoms. The molecule has 32 heavy (non-hydrogen) atoms. The van der Waals surface area contributed by atoms with Gasteiger partial charge in [-0.1, -0.05) is 24.3 Å². The summed E-state index contributed by atoms with van der Waals surface area (Å²) in [6.45, 7) is 1.79. The standard InChI is InChI=1S/C23H25F3N4O2/c1-32-20-9-5-3-7-18(20)27-21(31)15-29-12-10-16(11-13-29)14-30-19-8-4-2-6-17(19)28-22(30)23(24,25)26/h2-9,16H,10-15H2,1H3,(H,27,31). The first-order valence-corrected chi connectivity index (χ1v) is 10.5. The van der Waals surface area contributed by atoms with Crippen LogP contribution < -0.4 is 10.1 Å². The fraction of sp³-hybridized carbons (Fsp3) is 0.391. The number of para-hydroxylation sites is 4. The highest BCUT2D eigenvalue weighted by molar-refractivity contribution is 5.93. The molecule has 0 saturated carbocycles. The molecule has 3 aromatic rings. The van der Waals surface area contributed by atoms with Crippen molar-refractivity contribution < 1.29 is 22.7 Å². The van der Waals surface area contributed by atoms with Gasteiger partial charge in [0.15, 0.2) is 0 Å². The number of rotatable bonds is 6. The van der Waals surface area contributed by atoms with Gasteiger partial charge in [0.2, 0.25) is 11.7 Å². The highest BCUT2D eigenvalue weighted by Gasteiger charge is 2.38. The van der Waals surface area contributed by atoms with E-state index in [1.54, 1.807) is 43.5 Å². The molecule has 0 bridgehead atoms. The van der Waals surface area contributed by atoms with E-state index in [4.69, 9.17) is 4.74 Å². The second-order valence-corrected chi connectivity index (χ2v) is 8.00. The number of carbonyl (C=O) groups is 1. The number of anilines is 1. The number of benzene rings is 2. The molecule has 0 unspecified atom stereocenters. The molecule has 1 aliphatic rings. The van der Waals surface area contributed by atoms with Gasteiger partial charge in [-0.05, 0) is 56.1 Å². The minimum atomic E-state index is -4.50. The molecule has 1 fully saturated rings. The molecule has 170 valence electrons. The lowest BCUT2D eigenvalue weighted by Crippen LogP contribution is -2.40. The predicted molar refractivity (Wildman–Crippen MR) is 116 cm³/mol. The number of nitrogens with one attached hydrogen (secondary N) is 1. The third-order valence-corrected chi connectivity index (χ3v) is 5.80. The van der Waals surface area contributed by atoms with Gasteiger partial charge in [-0.25, -0.2) is 4.98 Å². The summed E-state index contributed by atoms with van der Waals surface area (Å²) in [6.07, 6.45) is -3.08. The van der Waals surface area contributed by atoms with Gasteiger partial charge in [0.05, 0.1) is 30.4 Å². The van der Waals surface area contributed by atoms with Crippen LogP contribution in [0, 0.1) is 5.92 Å². The molecule has 2 aromatic carbocycles. The van der Waals surface area contributed by atoms with Crippen molar-refractivity contribution in [1.82, 2.24) is 14.5 Å². The zero-order valence-electron chi connectivity index (χ0n) is 17.7. The quantitative estimate of drug-likeness (QED) is 0.609. The average molecular weight is 446 g/mol. The Hall–Kier alpha value is -3.07. The second-order valence-electron chi connectivity index (χ2n) is 8.00. The Labute approximate surface area is 184 Å². The predicted octanol–water partition coefficient (Wildman–Crippen LogP) is 4.41. The fourth-order valence-electron chi connectivity index (χ4n) is 4.20. The summed E-state index contributed by atoms with van der Waals surface area (Å²) in [5.74, 6) is -0.319. The summed E-state index contributed by atoms with van der Waals surface area (Å²) in [6, 6.07) is 13.9. The summed E-state index contributed by atoms with van der Waals surface area (Å²) >= 11 is 0. The maximum Gasteiger partial charge on any atom is 0.449 e. The summed E-state index contributed by atoms with van der Waals surface area (Å²) in [7, 11) is 1.55. The fourth-order valence-corrected chi connectivity index (χ4v) is 4.20. The van der Waals surface area contributed by atoms with Crippen LogP contribution in [0.4, 0.5) is 18.9 Å². The smallest absolute Gasteiger partial charge is 0.449 e. The van der Waals surface area contributed by atoms with Crippen molar-refractivity contribution in [3.63, 3.8) is 0 Å². The second kappa shape index (κ2) is 9.20. The number of aromatic nitrogens is 2. The number of nitrogens with zero attached hydrogens (tertiary/aromatic N) is 3. The molecule has 1 amide bonds. The Balaban J connectivity index is 1.36. The van der Waals surface area contributed by atoms with Crippen molar-refractivity contribution in [2.24, 2.45) is 5.92 Å². The number of halogens is 3. The first-order chi connectivity index (χ1) is 15.3. The Morgan fingerprint density at radius 1 is 1.12 bits per heavy atom. The van der Waals surface area contributed by atoms with Gasteiger partial charge < -0.3 is 14.6 Å². The van der Waals surface area contributed by atoms with Crippen molar-refractivity contribution >= 4 is 22.6 Å². The number of amides is 1. The lowest BCUT2D eigenvalue weighted by molar-refractivity contribution is -0.147. The Kier molecular flexibility index (Phi) is 6.36. The van der Waals surface area contributed by atoms with Crippen LogP contribution in [0.1, 0.15) is 18.7 Å². The number of ether oxygens (including phenoxy) is 1. The van der Waals surface area contributed by atoms with Gasteiger partial charge in [0.25, 0.3) is 0 Å². The number of hydrogen-bond acceptors (Lipinski definition) is 4. The lowest BCUT2D eigenvalue weighted by Gasteiger charge is -2.32. The maximum absolute atomic E-state index is 13.5. The van der Waals surface area contributed by atoms with Crippen molar-refractivity contribution in [2.45, 2.75) is 25.6 Å². The van der Waals surface area contributed by atoms with Crippen LogP contribution in [-0.2, 0) is 17.5 Å². The normalized spacial score (nSPS) is 15.8. The van der Waals surface area contributed by atoms with E-state index in [0.29, 0.717) is 48.4 Å². The topological polar surface area (TPSA) is 59.4 Å². The highest BCUT2D eigenvalue weighted by Crippen LogP contribution is 2.33. The molecule has 6 nitrogen and oxygen atoms in total. The van der Waals surface area contributed by atoms with E-state index >= 15 is 0 Å². The van der Waals surface area contributed by atoms with Crippen molar-refractivity contribution in [2.75, 3.05) is 32.1 Å². The molecular weight excluding hydrogens is 421 g/mol. The number of methoxy groups -OCH3 is 1. The molecule has 2 heterocycles. The van der Waals surface area contributed by atoms with Crippen LogP contribution >= 0.6 is 0 Å². The maximum atomic E-state index is 13.5. The Morgan fingerprint density at radius 3 is 2.53 bits per heavy atom. The van der Waals surface area contributed by atoms with E-state index in [1.165, 1.54) is 4.57 Å². The molecule has 1 saturated heterocycles. The number of alkyl halides is 3. The van der Waals surface area contributed by atoms with Crippen LogP contribution in [0.15, 0.2) is 48.5 Å². The van der Waals surface area contributed by atoms with Crippen molar-refractivity contribution in [3.8, 4) is 5.75 Å². The first-order valence-electron chi connectivity index (χ1n) is 10.5. The van der Waals surface area contributed by atoms with Crippen molar-refractivity contribution in [3.05, 3.63) is 54.4 Å². The molecule has 0 atom stereocenters. The average Bonchev–Trinajstić information content (AvgIpc) is 3.14. The van der Waals surface area contributed by atoms with Crippen LogP contribution in [0.2, 0.25) is 0 Å². The Morgan fingerprint density at radius 2 is 1.81 bits per heavy atom. The number of piperidine rings is 1. The van der Waals surface area contributed by atoms with Gasteiger partial charge in [0, 0.05) is 6.54 Å². The summed E-state index contributed by atoms with van der Waals surface area (Å²) in [5, 5.41) is 2.86. The number of carbonyl (C=O) groups excluding carboxylic acids is 1. The molecule has 1 aromatic heterocycles. The zero-order valence-corrected chi connectivity index (χ0v) is 17.7. The van der Waals surface area contributed by atoms with Gasteiger partial charge in [-0.3, -0.25) is 9.69 Å². The number of hydrogen-bond donors (Lipinski definition) is 1. The third kappa shape index (κ3) is 4.88. The van der Waals surface area contributed by atoms with Crippen LogP contribution in [-0.4, -0.2) is 47.1 Å². The highest BCUT2D eigenvalue weighted by atomic mass is 19.4. The minimum absolute atomic E-state index is 0.0854. The largest absolute Gasteiger partial charge is 0.495 e. The van der Waals surface area contributed by atoms with Gasteiger partial charge in [-0.15, -0.1) is 0 Å². The van der Waals surface area contributed by atoms with E-state index in [9.17, 15) is 18.0 Å². The number of fused-ring (bicyclic) bond motifs is 1. The summed E-state index contributed by atoms with van der Waals surface area (Å²) in [5.41, 5.74) is 1.46. The number of imidazole rings is 1. The molecular formula is C23H25F3N4O2. The molecule has 1 N–H and O–H groups in total. The van der Waals surface area contributed by atoms with E-state index in [1.807, 2.05) is 17.0 Å². The molecule has 0 aliphatic carbocycles. The van der Waals surface area contributed by atoms with Crippen LogP contribution in [0.3, 0.4) is 0 Å². The van der Waals surface area contributed by atoms with E-state index in [0.717, 1.165) is 0 Å². The lowest BCUT2D eigenvalue weighted by atomic mass is 9.96. The molecule has 4 rings (SSSR count). The SMILES string of the molecule is COc1ccccc1NC(=O)CN1CCC(Cn2c(C(F)(F)F)nc3ccccc32)CC1. The zero-order chi connectivity index (χ0) is 22.7. The molecule has 0 radical (unpaired) electrons. The monoisotopic (exact) mass is 446 g/mol. The van der Waals surface area contributed by atoms with Gasteiger partial charge in [0.1, 0.15) is 5.75 Å². The summed E-state index contributed by atoms with van der Waals surface area (Å²) in [4.78, 5) is 18.3. The van der Waals surface area contributed by atoms with E-state index in [-0.39, 0.29) is 24.9 Å². The third-order valence-electron chi connectivity index (χ3n) is 5.80. The van der Waals surface area contributed by atoms with E-state index in [2.05, 4.69) is 10.3 Å². The molecule has 0 spiro atoms. The van der Waals surface area contributed by atoms with Crippen LogP contribution in [0.25, 0.3) is 11.0 Å². The van der Waals surface area contributed by atoms with Gasteiger partial charge in [-0.2, -0.15) is 13.2 Å². The summed E-state index contributed by atoms with van der Waals surface area (Å²) < 4.78 is 47.1. The Bertz CT molecular complexity index is 1090. The van der Waals surface area contributed by atoms with Gasteiger partial charge >= 0.3 is 6.18 Å².